The molecule has 6 nitrogen and oxygen atoms in total. The minimum atomic E-state index is -0.240. The molecule has 1 aromatic heterocycles. The number of esters is 1. The largest absolute Gasteiger partial charge is 0.466 e. The molecule has 3 aliphatic rings. The highest BCUT2D eigenvalue weighted by Crippen LogP contribution is 2.61. The van der Waals surface area contributed by atoms with Gasteiger partial charge in [-0.15, -0.1) is 0 Å². The fourth-order valence-corrected chi connectivity index (χ4v) is 5.29. The first-order valence-corrected chi connectivity index (χ1v) is 10.7. The van der Waals surface area contributed by atoms with Crippen LogP contribution >= 0.6 is 15.9 Å². The van der Waals surface area contributed by atoms with E-state index in [9.17, 15) is 9.59 Å². The number of aromatic nitrogens is 2. The predicted molar refractivity (Wildman–Crippen MR) is 109 cm³/mol. The van der Waals surface area contributed by atoms with Crippen LogP contribution in [0.4, 0.5) is 5.69 Å². The third kappa shape index (κ3) is 3.93. The van der Waals surface area contributed by atoms with Crippen LogP contribution < -0.4 is 10.9 Å². The van der Waals surface area contributed by atoms with Gasteiger partial charge in [0.05, 0.1) is 18.5 Å². The highest BCUT2D eigenvalue weighted by atomic mass is 79.9. The summed E-state index contributed by atoms with van der Waals surface area (Å²) in [5.41, 5.74) is 1.03. The number of rotatable bonds is 7. The van der Waals surface area contributed by atoms with E-state index in [1.807, 2.05) is 0 Å². The fourth-order valence-electron chi connectivity index (χ4n) is 4.87. The molecule has 7 heteroatoms. The van der Waals surface area contributed by atoms with Gasteiger partial charge in [0, 0.05) is 19.0 Å². The number of anilines is 1. The lowest BCUT2D eigenvalue weighted by Gasteiger charge is -2.62. The number of ether oxygens (including phenoxy) is 1. The zero-order chi connectivity index (χ0) is 19.8. The second-order valence-electron chi connectivity index (χ2n) is 8.52. The van der Waals surface area contributed by atoms with Gasteiger partial charge in [-0.3, -0.25) is 9.59 Å². The summed E-state index contributed by atoms with van der Waals surface area (Å²) in [6.07, 6.45) is 5.00. The van der Waals surface area contributed by atoms with Crippen LogP contribution in [-0.4, -0.2) is 28.4 Å². The Bertz CT molecular complexity index is 761. The number of carbonyl (C=O) groups excluding carboxylic acids is 1. The molecule has 4 rings (SSSR count). The normalized spacial score (nSPS) is 28.3. The first-order chi connectivity index (χ1) is 12.8. The van der Waals surface area contributed by atoms with Gasteiger partial charge < -0.3 is 10.1 Å². The lowest BCUT2D eigenvalue weighted by Crippen LogP contribution is -2.58. The maximum atomic E-state index is 12.6. The third-order valence-corrected chi connectivity index (χ3v) is 7.50. The van der Waals surface area contributed by atoms with Gasteiger partial charge in [-0.25, -0.2) is 4.68 Å². The molecule has 0 unspecified atom stereocenters. The molecule has 3 fully saturated rings. The topological polar surface area (TPSA) is 73.2 Å². The van der Waals surface area contributed by atoms with Gasteiger partial charge in [-0.1, -0.05) is 20.8 Å². The molecule has 1 N–H and O–H groups in total. The predicted octanol–water partition coefficient (Wildman–Crippen LogP) is 3.83. The van der Waals surface area contributed by atoms with Crippen molar-refractivity contribution in [1.29, 1.82) is 0 Å². The molecule has 1 heterocycles. The molecule has 0 spiro atoms. The van der Waals surface area contributed by atoms with Gasteiger partial charge in [0.2, 0.25) is 0 Å². The molecule has 3 aliphatic carbocycles. The number of hydrogen-bond donors (Lipinski definition) is 1. The molecular formula is C20H30BrN3O3. The smallest absolute Gasteiger partial charge is 0.305 e. The molecule has 0 radical (unpaired) electrons. The van der Waals surface area contributed by atoms with Gasteiger partial charge in [0.1, 0.15) is 4.47 Å². The van der Waals surface area contributed by atoms with Crippen molar-refractivity contribution in [3.63, 3.8) is 0 Å². The molecule has 2 bridgehead atoms. The molecule has 0 aromatic carbocycles. The van der Waals surface area contributed by atoms with Gasteiger partial charge >= 0.3 is 5.97 Å². The number of nitrogens with zero attached hydrogens (tertiary/aromatic N) is 2. The number of aryl methyl sites for hydroxylation is 1. The lowest BCUT2D eigenvalue weighted by molar-refractivity contribution is -0.143. The van der Waals surface area contributed by atoms with Crippen molar-refractivity contribution in [2.45, 2.75) is 66.0 Å². The first kappa shape index (κ1) is 20.4. The van der Waals surface area contributed by atoms with Crippen molar-refractivity contribution >= 4 is 27.6 Å². The van der Waals surface area contributed by atoms with Crippen LogP contribution in [0, 0.1) is 23.2 Å². The summed E-state index contributed by atoms with van der Waals surface area (Å²) in [6.45, 7) is 9.64. The van der Waals surface area contributed by atoms with Crippen LogP contribution in [0.25, 0.3) is 0 Å². The lowest BCUT2D eigenvalue weighted by atomic mass is 9.45. The van der Waals surface area contributed by atoms with Crippen LogP contribution in [0.15, 0.2) is 15.5 Å². The van der Waals surface area contributed by atoms with Gasteiger partial charge in [-0.2, -0.15) is 5.10 Å². The second kappa shape index (κ2) is 7.94. The Kier molecular flexibility index (Phi) is 5.99. The third-order valence-electron chi connectivity index (χ3n) is 6.74. The van der Waals surface area contributed by atoms with Crippen LogP contribution in [-0.2, 0) is 16.1 Å². The monoisotopic (exact) mass is 439 g/mol. The summed E-state index contributed by atoms with van der Waals surface area (Å²) in [4.78, 5) is 24.0. The summed E-state index contributed by atoms with van der Waals surface area (Å²) in [5, 5.41) is 7.85. The Morgan fingerprint density at radius 1 is 1.44 bits per heavy atom. The number of halogens is 1. The number of hydrogen-bond acceptors (Lipinski definition) is 5. The Hall–Kier alpha value is -1.37. The van der Waals surface area contributed by atoms with E-state index in [1.54, 1.807) is 13.1 Å². The molecule has 1 aromatic rings. The molecule has 3 saturated carbocycles. The summed E-state index contributed by atoms with van der Waals surface area (Å²) >= 11 is 3.44. The SMILES string of the molecule is CCOC(=O)CCCn1ncc(N[C@@H]2C[C@H]3C[C@H]([C@@H]2C)C3(C)C)c(Br)c1=O. The molecule has 0 aliphatic heterocycles. The number of nitrogens with one attached hydrogen (secondary N) is 1. The minimum Gasteiger partial charge on any atom is -0.466 e. The summed E-state index contributed by atoms with van der Waals surface area (Å²) < 4.78 is 6.82. The second-order valence-corrected chi connectivity index (χ2v) is 9.31. The van der Waals surface area contributed by atoms with Crippen LogP contribution in [0.2, 0.25) is 0 Å². The molecule has 4 atom stereocenters. The first-order valence-electron chi connectivity index (χ1n) is 9.93. The molecule has 150 valence electrons. The zero-order valence-electron chi connectivity index (χ0n) is 16.6. The standard InChI is InChI=1S/C20H30BrN3O3/c1-5-27-17(25)7-6-8-24-19(26)18(21)16(11-22-24)23-15-10-13-9-14(12(15)2)20(13,3)4/h11-15,23H,5-10H2,1-4H3/t12-,13+,14+,15+/m0/s1. The Morgan fingerprint density at radius 3 is 2.81 bits per heavy atom. The average Bonchev–Trinajstić information content (AvgIpc) is 2.62. The van der Waals surface area contributed by atoms with Gasteiger partial charge in [0.25, 0.3) is 5.56 Å². The maximum absolute atomic E-state index is 12.6. The number of fused-ring (bicyclic) bond motifs is 2. The van der Waals surface area contributed by atoms with E-state index >= 15 is 0 Å². The highest BCUT2D eigenvalue weighted by molar-refractivity contribution is 9.10. The van der Waals surface area contributed by atoms with E-state index in [2.05, 4.69) is 47.1 Å². The van der Waals surface area contributed by atoms with Crippen molar-refractivity contribution in [3.05, 3.63) is 21.0 Å². The fraction of sp³-hybridized carbons (Fsp3) is 0.750. The molecule has 27 heavy (non-hydrogen) atoms. The van der Waals surface area contributed by atoms with E-state index in [1.165, 1.54) is 11.1 Å². The zero-order valence-corrected chi connectivity index (χ0v) is 18.2. The van der Waals surface area contributed by atoms with Crippen molar-refractivity contribution in [2.24, 2.45) is 23.2 Å². The van der Waals surface area contributed by atoms with Crippen LogP contribution in [0.3, 0.4) is 0 Å². The van der Waals surface area contributed by atoms with Crippen LogP contribution in [0.1, 0.15) is 53.4 Å². The summed E-state index contributed by atoms with van der Waals surface area (Å²) in [7, 11) is 0. The van der Waals surface area contributed by atoms with Crippen LogP contribution in [0.5, 0.6) is 0 Å². The van der Waals surface area contributed by atoms with Gasteiger partial charge in [0.15, 0.2) is 0 Å². The van der Waals surface area contributed by atoms with E-state index < -0.39 is 0 Å². The van der Waals surface area contributed by atoms with Crippen molar-refractivity contribution in [2.75, 3.05) is 11.9 Å². The maximum Gasteiger partial charge on any atom is 0.305 e. The summed E-state index contributed by atoms with van der Waals surface area (Å²) in [6, 6.07) is 0.374. The Morgan fingerprint density at radius 2 is 2.19 bits per heavy atom. The highest BCUT2D eigenvalue weighted by Gasteiger charge is 2.56. The summed E-state index contributed by atoms with van der Waals surface area (Å²) in [5.74, 6) is 1.83. The van der Waals surface area contributed by atoms with E-state index in [0.29, 0.717) is 41.4 Å². The van der Waals surface area contributed by atoms with Crippen molar-refractivity contribution in [3.8, 4) is 0 Å². The van der Waals surface area contributed by atoms with E-state index in [0.717, 1.165) is 23.9 Å². The minimum absolute atomic E-state index is 0.169. The Balaban J connectivity index is 1.62. The average molecular weight is 440 g/mol. The molecular weight excluding hydrogens is 410 g/mol. The number of carbonyl (C=O) groups is 1. The molecule has 0 amide bonds. The van der Waals surface area contributed by atoms with Crippen molar-refractivity contribution in [1.82, 2.24) is 9.78 Å². The van der Waals surface area contributed by atoms with Crippen molar-refractivity contribution < 1.29 is 9.53 Å². The van der Waals surface area contributed by atoms with E-state index in [-0.39, 0.29) is 17.9 Å². The van der Waals surface area contributed by atoms with Gasteiger partial charge in [-0.05, 0) is 65.3 Å². The van der Waals surface area contributed by atoms with E-state index in [4.69, 9.17) is 4.74 Å². The quantitative estimate of drug-likeness (QED) is 0.653. The molecule has 0 saturated heterocycles. The Labute approximate surface area is 169 Å².